The van der Waals surface area contributed by atoms with E-state index >= 15 is 0 Å². The van der Waals surface area contributed by atoms with Gasteiger partial charge in [0.1, 0.15) is 17.2 Å². The molecule has 3 heterocycles. The molecule has 0 atom stereocenters. The van der Waals surface area contributed by atoms with E-state index in [1.54, 1.807) is 28.5 Å². The number of piperazine rings is 1. The highest BCUT2D eigenvalue weighted by molar-refractivity contribution is 7.16. The van der Waals surface area contributed by atoms with Crippen molar-refractivity contribution >= 4 is 38.9 Å². The van der Waals surface area contributed by atoms with E-state index < -0.39 is 5.82 Å². The van der Waals surface area contributed by atoms with Crippen LogP contribution in [0.5, 0.6) is 0 Å². The Morgan fingerprint density at radius 3 is 2.62 bits per heavy atom. The van der Waals surface area contributed by atoms with Crippen LogP contribution in [0.1, 0.15) is 17.3 Å². The van der Waals surface area contributed by atoms with Gasteiger partial charge >= 0.3 is 0 Å². The number of benzene rings is 1. The number of hydrogen-bond acceptors (Lipinski definition) is 6. The molecule has 0 N–H and O–H groups in total. The van der Waals surface area contributed by atoms with Gasteiger partial charge in [0.15, 0.2) is 5.78 Å². The summed E-state index contributed by atoms with van der Waals surface area (Å²) in [5.74, 6) is -0.800. The summed E-state index contributed by atoms with van der Waals surface area (Å²) < 4.78 is 15.7. The molecule has 0 spiro atoms. The lowest BCUT2D eigenvalue weighted by Gasteiger charge is -2.36. The van der Waals surface area contributed by atoms with Crippen LogP contribution in [0.15, 0.2) is 40.8 Å². The van der Waals surface area contributed by atoms with E-state index in [4.69, 9.17) is 0 Å². The first-order chi connectivity index (χ1) is 13.9. The normalized spacial score (nSPS) is 14.4. The van der Waals surface area contributed by atoms with Gasteiger partial charge in [0.25, 0.3) is 5.56 Å². The first kappa shape index (κ1) is 19.3. The summed E-state index contributed by atoms with van der Waals surface area (Å²) in [6, 6.07) is 6.17. The van der Waals surface area contributed by atoms with E-state index in [2.05, 4.69) is 4.98 Å². The van der Waals surface area contributed by atoms with Crippen molar-refractivity contribution in [3.63, 3.8) is 0 Å². The Labute approximate surface area is 170 Å². The van der Waals surface area contributed by atoms with Crippen LogP contribution in [0.4, 0.5) is 10.1 Å². The minimum Gasteiger partial charge on any atom is -0.366 e. The SMILES string of the molecule is CC(=O)c1ccc(N2CCN(C(=O)Cn3cnc4sccc4c3=O)CC2)c(F)c1. The van der Waals surface area contributed by atoms with Crippen LogP contribution in [0.25, 0.3) is 10.2 Å². The molecule has 0 aliphatic carbocycles. The van der Waals surface area contributed by atoms with Crippen molar-refractivity contribution in [3.8, 4) is 0 Å². The van der Waals surface area contributed by atoms with Crippen molar-refractivity contribution < 1.29 is 14.0 Å². The van der Waals surface area contributed by atoms with Crippen LogP contribution in [-0.2, 0) is 11.3 Å². The first-order valence-electron chi connectivity index (χ1n) is 9.20. The Morgan fingerprint density at radius 1 is 1.17 bits per heavy atom. The lowest BCUT2D eigenvalue weighted by Crippen LogP contribution is -2.50. The van der Waals surface area contributed by atoms with Crippen molar-refractivity contribution in [2.45, 2.75) is 13.5 Å². The van der Waals surface area contributed by atoms with Gasteiger partial charge in [0.2, 0.25) is 5.91 Å². The Bertz CT molecular complexity index is 1150. The number of nitrogens with zero attached hydrogens (tertiary/aromatic N) is 4. The van der Waals surface area contributed by atoms with Crippen LogP contribution in [0.3, 0.4) is 0 Å². The van der Waals surface area contributed by atoms with Crippen molar-refractivity contribution in [1.82, 2.24) is 14.5 Å². The zero-order chi connectivity index (χ0) is 20.5. The number of thiophene rings is 1. The molecule has 150 valence electrons. The number of aromatic nitrogens is 2. The van der Waals surface area contributed by atoms with E-state index in [9.17, 15) is 18.8 Å². The lowest BCUT2D eigenvalue weighted by atomic mass is 10.1. The number of rotatable bonds is 4. The van der Waals surface area contributed by atoms with Crippen LogP contribution in [0, 0.1) is 5.82 Å². The lowest BCUT2D eigenvalue weighted by molar-refractivity contribution is -0.132. The fraction of sp³-hybridized carbons (Fsp3) is 0.300. The second-order valence-corrected chi connectivity index (χ2v) is 7.80. The van der Waals surface area contributed by atoms with Gasteiger partial charge in [0.05, 0.1) is 17.4 Å². The zero-order valence-corrected chi connectivity index (χ0v) is 16.6. The molecule has 0 saturated carbocycles. The number of halogens is 1. The summed E-state index contributed by atoms with van der Waals surface area (Å²) in [5, 5.41) is 2.31. The average Bonchev–Trinajstić information content (AvgIpc) is 3.20. The minimum atomic E-state index is -0.445. The topological polar surface area (TPSA) is 75.5 Å². The van der Waals surface area contributed by atoms with Gasteiger partial charge in [-0.1, -0.05) is 0 Å². The molecule has 9 heteroatoms. The molecule has 0 radical (unpaired) electrons. The number of fused-ring (bicyclic) bond motifs is 1. The highest BCUT2D eigenvalue weighted by atomic mass is 32.1. The first-order valence-corrected chi connectivity index (χ1v) is 10.1. The summed E-state index contributed by atoms with van der Waals surface area (Å²) in [4.78, 5) is 44.9. The van der Waals surface area contributed by atoms with E-state index in [-0.39, 0.29) is 23.8 Å². The van der Waals surface area contributed by atoms with Gasteiger partial charge in [-0.15, -0.1) is 11.3 Å². The number of carbonyl (C=O) groups excluding carboxylic acids is 2. The molecule has 1 saturated heterocycles. The molecule has 0 bridgehead atoms. The highest BCUT2D eigenvalue weighted by Gasteiger charge is 2.23. The second-order valence-electron chi connectivity index (χ2n) is 6.91. The van der Waals surface area contributed by atoms with Crippen molar-refractivity contribution in [1.29, 1.82) is 0 Å². The molecule has 2 aromatic heterocycles. The summed E-state index contributed by atoms with van der Waals surface area (Å²) >= 11 is 1.38. The van der Waals surface area contributed by atoms with Gasteiger partial charge in [-0.3, -0.25) is 19.0 Å². The van der Waals surface area contributed by atoms with Gasteiger partial charge in [-0.05, 0) is 36.6 Å². The van der Waals surface area contributed by atoms with E-state index in [0.29, 0.717) is 47.6 Å². The number of ketones is 1. The van der Waals surface area contributed by atoms with Crippen LogP contribution < -0.4 is 10.5 Å². The maximum atomic E-state index is 14.4. The summed E-state index contributed by atoms with van der Waals surface area (Å²) in [5.41, 5.74) is 0.531. The molecule has 4 rings (SSSR count). The third kappa shape index (κ3) is 3.77. The predicted molar refractivity (Wildman–Crippen MR) is 109 cm³/mol. The molecule has 1 fully saturated rings. The number of amides is 1. The molecular weight excluding hydrogens is 395 g/mol. The van der Waals surface area contributed by atoms with Gasteiger partial charge in [-0.2, -0.15) is 0 Å². The molecule has 1 amide bonds. The molecule has 1 aromatic carbocycles. The van der Waals surface area contributed by atoms with Gasteiger partial charge in [0, 0.05) is 31.7 Å². The Balaban J connectivity index is 1.41. The molecular formula is C20H19FN4O3S. The number of hydrogen-bond donors (Lipinski definition) is 0. The largest absolute Gasteiger partial charge is 0.366 e. The monoisotopic (exact) mass is 414 g/mol. The number of Topliss-reactive ketones (excluding diaryl/α,β-unsaturated/α-hetero) is 1. The second kappa shape index (κ2) is 7.75. The van der Waals surface area contributed by atoms with E-state index in [1.165, 1.54) is 35.2 Å². The highest BCUT2D eigenvalue weighted by Crippen LogP contribution is 2.22. The van der Waals surface area contributed by atoms with Crippen LogP contribution >= 0.6 is 11.3 Å². The van der Waals surface area contributed by atoms with Crippen molar-refractivity contribution in [3.05, 3.63) is 57.7 Å². The fourth-order valence-corrected chi connectivity index (χ4v) is 4.15. The van der Waals surface area contributed by atoms with Crippen LogP contribution in [0.2, 0.25) is 0 Å². The van der Waals surface area contributed by atoms with Gasteiger partial charge in [-0.25, -0.2) is 9.37 Å². The quantitative estimate of drug-likeness (QED) is 0.612. The van der Waals surface area contributed by atoms with E-state index in [0.717, 1.165) is 0 Å². The summed E-state index contributed by atoms with van der Waals surface area (Å²) in [6.07, 6.45) is 1.40. The van der Waals surface area contributed by atoms with Crippen molar-refractivity contribution in [2.24, 2.45) is 0 Å². The van der Waals surface area contributed by atoms with Crippen LogP contribution in [-0.4, -0.2) is 52.3 Å². The average molecular weight is 414 g/mol. The number of carbonyl (C=O) groups is 2. The molecule has 29 heavy (non-hydrogen) atoms. The third-order valence-corrected chi connectivity index (χ3v) is 5.90. The standard InChI is InChI=1S/C20H19FN4O3S/c1-13(26)14-2-3-17(16(21)10-14)23-5-7-24(8-6-23)18(27)11-25-12-22-19-15(20(25)28)4-9-29-19/h2-4,9-10,12H,5-8,11H2,1H3. The minimum absolute atomic E-state index is 0.0701. The maximum absolute atomic E-state index is 14.4. The molecule has 0 unspecified atom stereocenters. The Morgan fingerprint density at radius 2 is 1.93 bits per heavy atom. The molecule has 7 nitrogen and oxygen atoms in total. The molecule has 3 aromatic rings. The Kier molecular flexibility index (Phi) is 5.14. The molecule has 1 aliphatic heterocycles. The number of anilines is 1. The maximum Gasteiger partial charge on any atom is 0.262 e. The Hall–Kier alpha value is -3.07. The predicted octanol–water partition coefficient (Wildman–Crippen LogP) is 2.15. The van der Waals surface area contributed by atoms with Gasteiger partial charge < -0.3 is 9.80 Å². The zero-order valence-electron chi connectivity index (χ0n) is 15.8. The summed E-state index contributed by atoms with van der Waals surface area (Å²) in [6.45, 7) is 3.12. The smallest absolute Gasteiger partial charge is 0.262 e. The van der Waals surface area contributed by atoms with Crippen molar-refractivity contribution in [2.75, 3.05) is 31.1 Å². The fourth-order valence-electron chi connectivity index (χ4n) is 3.43. The van der Waals surface area contributed by atoms with E-state index in [1.807, 2.05) is 4.90 Å². The summed E-state index contributed by atoms with van der Waals surface area (Å²) in [7, 11) is 0. The molecule has 1 aliphatic rings. The third-order valence-electron chi connectivity index (χ3n) is 5.08.